The largest absolute Gasteiger partial charge is 0.495 e. The van der Waals surface area contributed by atoms with Crippen molar-refractivity contribution >= 4 is 21.7 Å². The van der Waals surface area contributed by atoms with Crippen molar-refractivity contribution < 1.29 is 9.84 Å². The van der Waals surface area contributed by atoms with Gasteiger partial charge in [-0.05, 0) is 66.0 Å². The van der Waals surface area contributed by atoms with Crippen molar-refractivity contribution in [3.63, 3.8) is 0 Å². The van der Waals surface area contributed by atoms with Gasteiger partial charge in [-0.3, -0.25) is 4.98 Å². The highest BCUT2D eigenvalue weighted by Crippen LogP contribution is 2.27. The number of rotatable bonds is 7. The van der Waals surface area contributed by atoms with Gasteiger partial charge in [0.05, 0.1) is 24.9 Å². The van der Waals surface area contributed by atoms with E-state index in [4.69, 9.17) is 4.74 Å². The number of β-amino-alcohol motifs (C(OH)–C–C–N with tert-alkyl or cyclic N) is 1. The number of methoxy groups -OCH3 is 1. The maximum Gasteiger partial charge on any atom is 0.137 e. The molecule has 1 atom stereocenters. The van der Waals surface area contributed by atoms with E-state index < -0.39 is 6.10 Å². The third-order valence-electron chi connectivity index (χ3n) is 6.76. The molecule has 0 aliphatic carbocycles. The number of aliphatic hydroxyl groups is 1. The molecule has 0 bridgehead atoms. The van der Waals surface area contributed by atoms with Gasteiger partial charge in [-0.1, -0.05) is 48.5 Å². The molecule has 3 aromatic carbocycles. The van der Waals surface area contributed by atoms with Gasteiger partial charge in [0.25, 0.3) is 0 Å². The van der Waals surface area contributed by atoms with Gasteiger partial charge >= 0.3 is 0 Å². The number of nitrogens with one attached hydrogen (secondary N) is 1. The summed E-state index contributed by atoms with van der Waals surface area (Å²) in [5, 5.41) is 18.3. The second kappa shape index (κ2) is 9.87. The number of pyridine rings is 1. The Hall–Kier alpha value is -2.99. The molecule has 2 heterocycles. The number of benzene rings is 3. The fourth-order valence-corrected chi connectivity index (χ4v) is 4.83. The fraction of sp³-hybridized carbons (Fsp3) is 0.321. The van der Waals surface area contributed by atoms with E-state index in [1.54, 1.807) is 13.3 Å². The van der Waals surface area contributed by atoms with Crippen LogP contribution in [0.2, 0.25) is 0 Å². The molecule has 2 N–H and O–H groups in total. The molecule has 5 nitrogen and oxygen atoms in total. The van der Waals surface area contributed by atoms with Gasteiger partial charge in [-0.25, -0.2) is 0 Å². The first-order valence-electron chi connectivity index (χ1n) is 11.7. The molecule has 1 fully saturated rings. The number of ether oxygens (including phenoxy) is 1. The predicted molar refractivity (Wildman–Crippen MR) is 134 cm³/mol. The van der Waals surface area contributed by atoms with Gasteiger partial charge in [0.2, 0.25) is 0 Å². The quantitative estimate of drug-likeness (QED) is 0.436. The second-order valence-electron chi connectivity index (χ2n) is 8.94. The fourth-order valence-electron chi connectivity index (χ4n) is 4.83. The topological polar surface area (TPSA) is 57.6 Å². The van der Waals surface area contributed by atoms with E-state index >= 15 is 0 Å². The zero-order chi connectivity index (χ0) is 22.6. The number of hydrogen-bond acceptors (Lipinski definition) is 5. The van der Waals surface area contributed by atoms with Crippen LogP contribution in [0.4, 0.5) is 0 Å². The smallest absolute Gasteiger partial charge is 0.137 e. The van der Waals surface area contributed by atoms with Gasteiger partial charge in [0.1, 0.15) is 5.75 Å². The summed E-state index contributed by atoms with van der Waals surface area (Å²) in [6.07, 6.45) is 3.34. The molecule has 0 amide bonds. The number of piperidine rings is 1. The van der Waals surface area contributed by atoms with Crippen LogP contribution >= 0.6 is 0 Å². The summed E-state index contributed by atoms with van der Waals surface area (Å²) >= 11 is 0. The lowest BCUT2D eigenvalue weighted by molar-refractivity contribution is 0.0949. The normalized spacial score (nSPS) is 16.3. The van der Waals surface area contributed by atoms with Crippen LogP contribution in [-0.4, -0.2) is 47.8 Å². The van der Waals surface area contributed by atoms with Crippen LogP contribution in [-0.2, 0) is 6.54 Å². The Bertz CT molecular complexity index is 1230. The first-order chi connectivity index (χ1) is 16.2. The molecule has 1 unspecified atom stereocenters. The second-order valence-corrected chi connectivity index (χ2v) is 8.94. The van der Waals surface area contributed by atoms with Crippen LogP contribution in [0.5, 0.6) is 5.75 Å². The number of aromatic nitrogens is 1. The number of hydrogen-bond donors (Lipinski definition) is 2. The monoisotopic (exact) mass is 441 g/mol. The van der Waals surface area contributed by atoms with E-state index in [1.165, 1.54) is 16.3 Å². The van der Waals surface area contributed by atoms with E-state index in [2.05, 4.69) is 57.7 Å². The molecule has 170 valence electrons. The Balaban J connectivity index is 1.15. The van der Waals surface area contributed by atoms with Gasteiger partial charge < -0.3 is 20.1 Å². The Morgan fingerprint density at radius 3 is 2.67 bits per heavy atom. The third kappa shape index (κ3) is 5.01. The highest BCUT2D eigenvalue weighted by Gasteiger charge is 2.22. The Morgan fingerprint density at radius 1 is 1.03 bits per heavy atom. The van der Waals surface area contributed by atoms with Crippen molar-refractivity contribution in [1.29, 1.82) is 0 Å². The molecular formula is C28H31N3O2. The first-order valence-corrected chi connectivity index (χ1v) is 11.7. The number of fused-ring (bicyclic) bond motifs is 2. The number of nitrogens with zero attached hydrogens (tertiary/aromatic N) is 2. The summed E-state index contributed by atoms with van der Waals surface area (Å²) < 4.78 is 5.33. The van der Waals surface area contributed by atoms with Crippen LogP contribution in [0.25, 0.3) is 21.7 Å². The molecule has 0 saturated carbocycles. The highest BCUT2D eigenvalue weighted by atomic mass is 16.5. The zero-order valence-corrected chi connectivity index (χ0v) is 19.1. The van der Waals surface area contributed by atoms with Gasteiger partial charge in [-0.15, -0.1) is 0 Å². The van der Waals surface area contributed by atoms with Crippen LogP contribution in [0.3, 0.4) is 0 Å². The average molecular weight is 442 g/mol. The van der Waals surface area contributed by atoms with Crippen molar-refractivity contribution in [2.24, 2.45) is 0 Å². The van der Waals surface area contributed by atoms with Crippen molar-refractivity contribution in [3.05, 3.63) is 84.1 Å². The lowest BCUT2D eigenvalue weighted by atomic mass is 10.00. The molecule has 0 radical (unpaired) electrons. The summed E-state index contributed by atoms with van der Waals surface area (Å²) in [5.41, 5.74) is 3.12. The third-order valence-corrected chi connectivity index (χ3v) is 6.76. The standard InChI is InChI=1S/C28H31N3O2/c1-33-24-16-26-25(7-4-8-27(26)30-18-24)28(32)19-31-13-11-23(12-14-31)29-17-20-9-10-21-5-2-3-6-22(21)15-20/h2-10,15-16,18,23,28-29,32H,11-14,17,19H2,1H3. The van der Waals surface area contributed by atoms with E-state index in [1.807, 2.05) is 24.3 Å². The molecular weight excluding hydrogens is 410 g/mol. The number of likely N-dealkylation sites (tertiary alicyclic amines) is 1. The summed E-state index contributed by atoms with van der Waals surface area (Å²) in [5.74, 6) is 0.709. The minimum atomic E-state index is -0.551. The van der Waals surface area contributed by atoms with E-state index in [9.17, 15) is 5.11 Å². The zero-order valence-electron chi connectivity index (χ0n) is 19.1. The molecule has 5 rings (SSSR count). The SMILES string of the molecule is COc1cnc2cccc(C(O)CN3CCC(NCc4ccc5ccccc5c4)CC3)c2c1. The van der Waals surface area contributed by atoms with Crippen LogP contribution in [0.15, 0.2) is 72.9 Å². The summed E-state index contributed by atoms with van der Waals surface area (Å²) in [7, 11) is 1.64. The maximum absolute atomic E-state index is 11.0. The van der Waals surface area contributed by atoms with Crippen LogP contribution in [0, 0.1) is 0 Å². The van der Waals surface area contributed by atoms with Gasteiger partial charge in [-0.2, -0.15) is 0 Å². The van der Waals surface area contributed by atoms with E-state index in [0.29, 0.717) is 18.3 Å². The molecule has 1 aliphatic heterocycles. The average Bonchev–Trinajstić information content (AvgIpc) is 2.87. The molecule has 1 aromatic heterocycles. The minimum absolute atomic E-state index is 0.510. The van der Waals surface area contributed by atoms with Crippen molar-refractivity contribution in [3.8, 4) is 5.75 Å². The first kappa shape index (κ1) is 21.8. The minimum Gasteiger partial charge on any atom is -0.495 e. The van der Waals surface area contributed by atoms with E-state index in [0.717, 1.165) is 48.9 Å². The molecule has 1 saturated heterocycles. The Labute approximate surface area is 195 Å². The van der Waals surface area contributed by atoms with Crippen molar-refractivity contribution in [1.82, 2.24) is 15.2 Å². The maximum atomic E-state index is 11.0. The van der Waals surface area contributed by atoms with Crippen molar-refractivity contribution in [2.75, 3.05) is 26.7 Å². The summed E-state index contributed by atoms with van der Waals surface area (Å²) in [4.78, 5) is 6.82. The number of aliphatic hydroxyl groups excluding tert-OH is 1. The highest BCUT2D eigenvalue weighted by molar-refractivity contribution is 5.84. The summed E-state index contributed by atoms with van der Waals surface area (Å²) in [6, 6.07) is 23.6. The van der Waals surface area contributed by atoms with E-state index in [-0.39, 0.29) is 0 Å². The molecule has 4 aromatic rings. The van der Waals surface area contributed by atoms with Crippen molar-refractivity contribution in [2.45, 2.75) is 31.5 Å². The summed E-state index contributed by atoms with van der Waals surface area (Å²) in [6.45, 7) is 3.49. The predicted octanol–water partition coefficient (Wildman–Crippen LogP) is 4.68. The lowest BCUT2D eigenvalue weighted by Gasteiger charge is -2.34. The van der Waals surface area contributed by atoms with Crippen LogP contribution < -0.4 is 10.1 Å². The molecule has 1 aliphatic rings. The molecule has 33 heavy (non-hydrogen) atoms. The van der Waals surface area contributed by atoms with Crippen LogP contribution in [0.1, 0.15) is 30.1 Å². The van der Waals surface area contributed by atoms with Gasteiger partial charge in [0.15, 0.2) is 0 Å². The van der Waals surface area contributed by atoms with Gasteiger partial charge in [0, 0.05) is 24.5 Å². The Kier molecular flexibility index (Phi) is 6.53. The molecule has 0 spiro atoms. The Morgan fingerprint density at radius 2 is 1.85 bits per heavy atom. The molecule has 5 heteroatoms. The lowest BCUT2D eigenvalue weighted by Crippen LogP contribution is -2.43.